The first kappa shape index (κ1) is 15.5. The lowest BCUT2D eigenvalue weighted by molar-refractivity contribution is -0.119. The van der Waals surface area contributed by atoms with Gasteiger partial charge >= 0.3 is 0 Å². The van der Waals surface area contributed by atoms with E-state index in [0.29, 0.717) is 17.5 Å². The second kappa shape index (κ2) is 5.66. The zero-order valence-electron chi connectivity index (χ0n) is 12.9. The molecule has 0 fully saturated rings. The van der Waals surface area contributed by atoms with E-state index < -0.39 is 15.9 Å². The Morgan fingerprint density at radius 2 is 1.91 bits per heavy atom. The van der Waals surface area contributed by atoms with Gasteiger partial charge in [-0.1, -0.05) is 31.2 Å². The van der Waals surface area contributed by atoms with Crippen molar-refractivity contribution >= 4 is 38.1 Å². The van der Waals surface area contributed by atoms with Gasteiger partial charge in [0, 0.05) is 11.1 Å². The lowest BCUT2D eigenvalue weighted by Crippen LogP contribution is -2.37. The molecular weight excluding hydrogens is 314 g/mol. The van der Waals surface area contributed by atoms with Crippen LogP contribution in [-0.2, 0) is 14.8 Å². The molecule has 1 aliphatic rings. The van der Waals surface area contributed by atoms with Gasteiger partial charge < -0.3 is 0 Å². The fourth-order valence-corrected chi connectivity index (χ4v) is 4.20. The van der Waals surface area contributed by atoms with E-state index in [1.54, 1.807) is 31.2 Å². The Morgan fingerprint density at radius 3 is 2.61 bits per heavy atom. The van der Waals surface area contributed by atoms with Gasteiger partial charge in [-0.25, -0.2) is 13.8 Å². The maximum Gasteiger partial charge on any atom is 0.265 e. The van der Waals surface area contributed by atoms with Crippen molar-refractivity contribution in [3.8, 4) is 0 Å². The number of carbonyl (C=O) groups excluding carboxylic acids is 1. The number of hydrogen-bond donors (Lipinski definition) is 1. The van der Waals surface area contributed by atoms with E-state index in [-0.39, 0.29) is 11.4 Å². The normalized spacial score (nSPS) is 15.9. The molecule has 6 nitrogen and oxygen atoms in total. The quantitative estimate of drug-likeness (QED) is 0.689. The van der Waals surface area contributed by atoms with Gasteiger partial charge in [-0.05, 0) is 30.9 Å². The van der Waals surface area contributed by atoms with Crippen LogP contribution >= 0.6 is 0 Å². The molecule has 120 valence electrons. The third kappa shape index (κ3) is 2.57. The van der Waals surface area contributed by atoms with E-state index in [2.05, 4.69) is 10.5 Å². The van der Waals surface area contributed by atoms with Gasteiger partial charge in [-0.3, -0.25) is 9.10 Å². The smallest absolute Gasteiger partial charge is 0.265 e. The Morgan fingerprint density at radius 1 is 1.22 bits per heavy atom. The SMILES string of the molecule is CC/C(C)=N\NC(=O)CN1c2cccc3cccc(c23)S1(=O)=O. The largest absolute Gasteiger partial charge is 0.271 e. The van der Waals surface area contributed by atoms with Crippen LogP contribution in [0, 0.1) is 0 Å². The highest BCUT2D eigenvalue weighted by Crippen LogP contribution is 2.41. The Bertz CT molecular complexity index is 914. The molecule has 3 rings (SSSR count). The molecule has 1 aliphatic heterocycles. The standard InChI is InChI=1S/C16H17N3O3S/c1-3-11(2)17-18-15(20)10-19-13-8-4-6-12-7-5-9-14(16(12)13)23(19,21)22/h4-9H,3,10H2,1-2H3,(H,18,20)/b17-11-. The highest BCUT2D eigenvalue weighted by atomic mass is 32.2. The molecule has 0 aliphatic carbocycles. The Labute approximate surface area is 134 Å². The minimum absolute atomic E-state index is 0.242. The van der Waals surface area contributed by atoms with E-state index in [0.717, 1.165) is 15.4 Å². The minimum atomic E-state index is -3.71. The molecule has 1 amide bonds. The number of nitrogens with zero attached hydrogens (tertiary/aromatic N) is 2. The highest BCUT2D eigenvalue weighted by molar-refractivity contribution is 7.93. The highest BCUT2D eigenvalue weighted by Gasteiger charge is 2.36. The van der Waals surface area contributed by atoms with Crippen molar-refractivity contribution in [3.05, 3.63) is 36.4 Å². The first-order valence-corrected chi connectivity index (χ1v) is 8.75. The van der Waals surface area contributed by atoms with Gasteiger partial charge in [0.15, 0.2) is 0 Å². The van der Waals surface area contributed by atoms with Crippen molar-refractivity contribution in [1.29, 1.82) is 0 Å². The zero-order chi connectivity index (χ0) is 16.6. The van der Waals surface area contributed by atoms with Crippen LogP contribution in [0.15, 0.2) is 46.4 Å². The number of benzene rings is 2. The number of hydrazone groups is 1. The molecule has 0 radical (unpaired) electrons. The number of nitrogens with one attached hydrogen (secondary N) is 1. The van der Waals surface area contributed by atoms with Gasteiger partial charge in [-0.15, -0.1) is 0 Å². The maximum absolute atomic E-state index is 12.7. The molecule has 1 N–H and O–H groups in total. The number of rotatable bonds is 4. The topological polar surface area (TPSA) is 78.8 Å². The Balaban J connectivity index is 1.96. The summed E-state index contributed by atoms with van der Waals surface area (Å²) in [7, 11) is -3.71. The lowest BCUT2D eigenvalue weighted by atomic mass is 10.1. The minimum Gasteiger partial charge on any atom is -0.271 e. The van der Waals surface area contributed by atoms with Crippen molar-refractivity contribution < 1.29 is 13.2 Å². The van der Waals surface area contributed by atoms with Crippen LogP contribution in [0.3, 0.4) is 0 Å². The number of anilines is 1. The summed E-state index contributed by atoms with van der Waals surface area (Å²) in [6.45, 7) is 3.42. The predicted octanol–water partition coefficient (Wildman–Crippen LogP) is 2.25. The molecule has 2 aromatic rings. The summed E-state index contributed by atoms with van der Waals surface area (Å²) in [5, 5.41) is 5.43. The first-order chi connectivity index (χ1) is 10.9. The first-order valence-electron chi connectivity index (χ1n) is 7.31. The summed E-state index contributed by atoms with van der Waals surface area (Å²) >= 11 is 0. The maximum atomic E-state index is 12.7. The molecule has 0 spiro atoms. The fraction of sp³-hybridized carbons (Fsp3) is 0.250. The monoisotopic (exact) mass is 331 g/mol. The van der Waals surface area contributed by atoms with Crippen LogP contribution in [0.25, 0.3) is 10.8 Å². The molecule has 0 unspecified atom stereocenters. The molecule has 0 saturated carbocycles. The van der Waals surface area contributed by atoms with Crippen LogP contribution in [0.1, 0.15) is 20.3 Å². The van der Waals surface area contributed by atoms with Crippen LogP contribution in [0.4, 0.5) is 5.69 Å². The van der Waals surface area contributed by atoms with E-state index in [4.69, 9.17) is 0 Å². The summed E-state index contributed by atoms with van der Waals surface area (Å²) in [6.07, 6.45) is 0.715. The average molecular weight is 331 g/mol. The van der Waals surface area contributed by atoms with Crippen LogP contribution in [0.5, 0.6) is 0 Å². The van der Waals surface area contributed by atoms with Crippen molar-refractivity contribution in [3.63, 3.8) is 0 Å². The Hall–Kier alpha value is -2.41. The number of amides is 1. The molecule has 0 atom stereocenters. The Kier molecular flexibility index (Phi) is 3.81. The van der Waals surface area contributed by atoms with Gasteiger partial charge in [0.1, 0.15) is 6.54 Å². The zero-order valence-corrected chi connectivity index (χ0v) is 13.7. The van der Waals surface area contributed by atoms with E-state index in [9.17, 15) is 13.2 Å². The molecule has 0 aromatic heterocycles. The van der Waals surface area contributed by atoms with Crippen molar-refractivity contribution in [2.45, 2.75) is 25.2 Å². The molecule has 2 aromatic carbocycles. The van der Waals surface area contributed by atoms with Gasteiger partial charge in [-0.2, -0.15) is 5.10 Å². The van der Waals surface area contributed by atoms with E-state index >= 15 is 0 Å². The molecule has 0 bridgehead atoms. The van der Waals surface area contributed by atoms with E-state index in [1.165, 1.54) is 0 Å². The van der Waals surface area contributed by atoms with Crippen molar-refractivity contribution in [2.75, 3.05) is 10.8 Å². The summed E-state index contributed by atoms with van der Waals surface area (Å²) < 4.78 is 26.5. The van der Waals surface area contributed by atoms with Crippen LogP contribution in [-0.4, -0.2) is 26.6 Å². The van der Waals surface area contributed by atoms with Crippen molar-refractivity contribution in [2.24, 2.45) is 5.10 Å². The summed E-state index contributed by atoms with van der Waals surface area (Å²) in [5.74, 6) is -0.466. The molecule has 1 heterocycles. The third-order valence-electron chi connectivity index (χ3n) is 3.85. The number of sulfonamides is 1. The fourth-order valence-electron chi connectivity index (χ4n) is 2.53. The van der Waals surface area contributed by atoms with Crippen molar-refractivity contribution in [1.82, 2.24) is 5.43 Å². The summed E-state index contributed by atoms with van der Waals surface area (Å²) in [5.41, 5.74) is 3.70. The molecular formula is C16H17N3O3S. The predicted molar refractivity (Wildman–Crippen MR) is 90.0 cm³/mol. The van der Waals surface area contributed by atoms with Gasteiger partial charge in [0.2, 0.25) is 0 Å². The average Bonchev–Trinajstić information content (AvgIpc) is 2.76. The second-order valence-electron chi connectivity index (χ2n) is 5.38. The van der Waals surface area contributed by atoms with Gasteiger partial charge in [0.05, 0.1) is 10.6 Å². The van der Waals surface area contributed by atoms with Gasteiger partial charge in [0.25, 0.3) is 15.9 Å². The molecule has 0 saturated heterocycles. The van der Waals surface area contributed by atoms with Crippen LogP contribution in [0.2, 0.25) is 0 Å². The molecule has 23 heavy (non-hydrogen) atoms. The lowest BCUT2D eigenvalue weighted by Gasteiger charge is -2.17. The number of hydrogen-bond acceptors (Lipinski definition) is 4. The summed E-state index contributed by atoms with van der Waals surface area (Å²) in [4.78, 5) is 12.3. The third-order valence-corrected chi connectivity index (χ3v) is 5.65. The second-order valence-corrected chi connectivity index (χ2v) is 7.21. The molecule has 7 heteroatoms. The summed E-state index contributed by atoms with van der Waals surface area (Å²) in [6, 6.07) is 10.5. The van der Waals surface area contributed by atoms with E-state index in [1.807, 2.05) is 19.1 Å². The number of carbonyl (C=O) groups is 1. The van der Waals surface area contributed by atoms with Crippen LogP contribution < -0.4 is 9.73 Å².